The van der Waals surface area contributed by atoms with Gasteiger partial charge >= 0.3 is 0 Å². The topological polar surface area (TPSA) is 72.5 Å². The van der Waals surface area contributed by atoms with Crippen molar-refractivity contribution in [3.8, 4) is 5.75 Å². The summed E-state index contributed by atoms with van der Waals surface area (Å²) in [4.78, 5) is 16.4. The normalized spacial score (nSPS) is 18.6. The lowest BCUT2D eigenvalue weighted by Crippen LogP contribution is -2.53. The van der Waals surface area contributed by atoms with Gasteiger partial charge in [-0.3, -0.25) is 9.78 Å². The fourth-order valence-electron chi connectivity index (χ4n) is 2.59. The number of benzene rings is 1. The number of carbonyl (C=O) groups excluding carboxylic acids is 1. The van der Waals surface area contributed by atoms with Gasteiger partial charge in [-0.2, -0.15) is 0 Å². The molecule has 1 aliphatic rings. The number of anilines is 1. The molecule has 27 heavy (non-hydrogen) atoms. The van der Waals surface area contributed by atoms with Gasteiger partial charge in [0.25, 0.3) is 0 Å². The molecule has 0 radical (unpaired) electrons. The maximum atomic E-state index is 12.3. The molecule has 0 aliphatic carbocycles. The Bertz CT molecular complexity index is 734. The van der Waals surface area contributed by atoms with E-state index in [4.69, 9.17) is 21.1 Å². The average molecular weight is 435 g/mol. The van der Waals surface area contributed by atoms with Crippen LogP contribution >= 0.6 is 36.4 Å². The van der Waals surface area contributed by atoms with Crippen LogP contribution in [-0.2, 0) is 16.1 Å². The summed E-state index contributed by atoms with van der Waals surface area (Å²) in [6, 6.07) is 8.57. The van der Waals surface area contributed by atoms with Crippen LogP contribution in [0.5, 0.6) is 5.75 Å². The van der Waals surface area contributed by atoms with Crippen molar-refractivity contribution in [2.45, 2.75) is 25.7 Å². The predicted molar refractivity (Wildman–Crippen MR) is 110 cm³/mol. The van der Waals surface area contributed by atoms with Crippen molar-refractivity contribution < 1.29 is 14.3 Å². The molecule has 2 aromatic rings. The van der Waals surface area contributed by atoms with Crippen LogP contribution in [0.4, 0.5) is 5.69 Å². The van der Waals surface area contributed by atoms with Crippen LogP contribution in [0.1, 0.15) is 12.5 Å². The molecule has 0 unspecified atom stereocenters. The van der Waals surface area contributed by atoms with Crippen LogP contribution in [0.25, 0.3) is 0 Å². The van der Waals surface area contributed by atoms with Crippen LogP contribution < -0.4 is 15.4 Å². The molecule has 1 aliphatic heterocycles. The largest absolute Gasteiger partial charge is 0.487 e. The quantitative estimate of drug-likeness (QED) is 0.754. The fraction of sp³-hybridized carbons (Fsp3) is 0.333. The van der Waals surface area contributed by atoms with Gasteiger partial charge in [0.1, 0.15) is 18.4 Å². The molecule has 148 valence electrons. The summed E-state index contributed by atoms with van der Waals surface area (Å²) in [5.74, 6) is 0.406. The number of rotatable bonds is 5. The summed E-state index contributed by atoms with van der Waals surface area (Å²) in [7, 11) is 0. The van der Waals surface area contributed by atoms with Gasteiger partial charge in [-0.15, -0.1) is 24.8 Å². The lowest BCUT2D eigenvalue weighted by molar-refractivity contribution is -0.123. The zero-order valence-electron chi connectivity index (χ0n) is 14.7. The van der Waals surface area contributed by atoms with E-state index in [-0.39, 0.29) is 42.9 Å². The van der Waals surface area contributed by atoms with E-state index >= 15 is 0 Å². The molecule has 0 bridgehead atoms. The molecule has 0 saturated carbocycles. The minimum Gasteiger partial charge on any atom is -0.487 e. The molecule has 2 atom stereocenters. The number of halogens is 3. The number of ether oxygens (including phenoxy) is 2. The van der Waals surface area contributed by atoms with Crippen molar-refractivity contribution in [2.75, 3.05) is 18.5 Å². The van der Waals surface area contributed by atoms with Crippen molar-refractivity contribution in [1.82, 2.24) is 10.3 Å². The Kier molecular flexibility index (Phi) is 9.83. The van der Waals surface area contributed by atoms with Gasteiger partial charge in [-0.25, -0.2) is 0 Å². The molecule has 1 aromatic carbocycles. The Labute approximate surface area is 175 Å². The zero-order valence-corrected chi connectivity index (χ0v) is 17.1. The number of nitrogens with zero attached hydrogens (tertiary/aromatic N) is 1. The fourth-order valence-corrected chi connectivity index (χ4v) is 2.82. The van der Waals surface area contributed by atoms with E-state index in [1.54, 1.807) is 30.6 Å². The summed E-state index contributed by atoms with van der Waals surface area (Å²) < 4.78 is 11.2. The van der Waals surface area contributed by atoms with Crippen molar-refractivity contribution in [3.05, 3.63) is 53.3 Å². The monoisotopic (exact) mass is 433 g/mol. The van der Waals surface area contributed by atoms with Crippen molar-refractivity contribution >= 4 is 48.0 Å². The maximum absolute atomic E-state index is 12.3. The summed E-state index contributed by atoms with van der Waals surface area (Å²) in [5.41, 5.74) is 1.57. The first-order valence-corrected chi connectivity index (χ1v) is 8.48. The zero-order chi connectivity index (χ0) is 17.6. The number of carbonyl (C=O) groups is 1. The summed E-state index contributed by atoms with van der Waals surface area (Å²) in [6.45, 7) is 3.52. The third-order valence-electron chi connectivity index (χ3n) is 3.92. The number of nitrogens with one attached hydrogen (secondary N) is 2. The van der Waals surface area contributed by atoms with Gasteiger partial charge in [0.15, 0.2) is 0 Å². The first-order chi connectivity index (χ1) is 12.1. The van der Waals surface area contributed by atoms with Gasteiger partial charge in [-0.1, -0.05) is 17.7 Å². The van der Waals surface area contributed by atoms with E-state index in [0.29, 0.717) is 36.2 Å². The Morgan fingerprint density at radius 3 is 2.89 bits per heavy atom. The summed E-state index contributed by atoms with van der Waals surface area (Å²) in [5, 5.41) is 6.44. The van der Waals surface area contributed by atoms with Crippen LogP contribution in [0.15, 0.2) is 42.7 Å². The highest BCUT2D eigenvalue weighted by atomic mass is 35.5. The van der Waals surface area contributed by atoms with Crippen molar-refractivity contribution in [2.24, 2.45) is 0 Å². The highest BCUT2D eigenvalue weighted by Crippen LogP contribution is 2.28. The first kappa shape index (κ1) is 23.5. The molecule has 2 N–H and O–H groups in total. The van der Waals surface area contributed by atoms with Crippen LogP contribution in [0.3, 0.4) is 0 Å². The molecule has 1 amide bonds. The lowest BCUT2D eigenvalue weighted by Gasteiger charge is -2.29. The Morgan fingerprint density at radius 1 is 1.41 bits per heavy atom. The van der Waals surface area contributed by atoms with Gasteiger partial charge < -0.3 is 20.1 Å². The molecule has 2 heterocycles. The molecule has 1 fully saturated rings. The highest BCUT2D eigenvalue weighted by molar-refractivity contribution is 6.32. The molecule has 3 rings (SSSR count). The van der Waals surface area contributed by atoms with Gasteiger partial charge in [-0.05, 0) is 31.2 Å². The first-order valence-electron chi connectivity index (χ1n) is 8.10. The van der Waals surface area contributed by atoms with Crippen LogP contribution in [0, 0.1) is 0 Å². The number of aromatic nitrogens is 1. The Morgan fingerprint density at radius 2 is 2.22 bits per heavy atom. The number of pyridine rings is 1. The number of hydrogen-bond acceptors (Lipinski definition) is 5. The second kappa shape index (κ2) is 11.3. The molecule has 1 aromatic heterocycles. The van der Waals surface area contributed by atoms with E-state index < -0.39 is 0 Å². The van der Waals surface area contributed by atoms with E-state index in [1.807, 2.05) is 19.1 Å². The Balaban J connectivity index is 0.00000182. The molecule has 9 heteroatoms. The van der Waals surface area contributed by atoms with Gasteiger partial charge in [0, 0.05) is 30.2 Å². The number of amides is 1. The van der Waals surface area contributed by atoms with E-state index in [2.05, 4.69) is 15.6 Å². The van der Waals surface area contributed by atoms with Gasteiger partial charge in [0.05, 0.1) is 17.7 Å². The standard InChI is InChI=1S/C18H20ClN3O3.2ClH/c1-12-17(21-7-8-24-12)18(23)22-14-4-5-16(15(19)9-14)25-11-13-3-2-6-20-10-13;;/h2-6,9-10,12,17,21H,7-8,11H2,1H3,(H,22,23);2*1H/t12-,17+;;/m1../s1. The second-order valence-corrected chi connectivity index (χ2v) is 6.20. The van der Waals surface area contributed by atoms with Crippen LogP contribution in [-0.4, -0.2) is 36.2 Å². The SMILES string of the molecule is C[C@H]1OCCN[C@@H]1C(=O)Nc1ccc(OCc2cccnc2)c(Cl)c1.Cl.Cl. The minimum atomic E-state index is -0.381. The molecule has 6 nitrogen and oxygen atoms in total. The van der Waals surface area contributed by atoms with Crippen LogP contribution in [0.2, 0.25) is 5.02 Å². The highest BCUT2D eigenvalue weighted by Gasteiger charge is 2.28. The van der Waals surface area contributed by atoms with E-state index in [9.17, 15) is 4.79 Å². The van der Waals surface area contributed by atoms with Gasteiger partial charge in [0.2, 0.25) is 5.91 Å². The summed E-state index contributed by atoms with van der Waals surface area (Å²) >= 11 is 6.26. The third kappa shape index (κ3) is 6.52. The lowest BCUT2D eigenvalue weighted by atomic mass is 10.1. The van der Waals surface area contributed by atoms with E-state index in [1.165, 1.54) is 0 Å². The average Bonchev–Trinajstić information content (AvgIpc) is 2.62. The molecule has 0 spiro atoms. The maximum Gasteiger partial charge on any atom is 0.244 e. The molecular weight excluding hydrogens is 413 g/mol. The number of hydrogen-bond donors (Lipinski definition) is 2. The number of morpholine rings is 1. The van der Waals surface area contributed by atoms with Crippen molar-refractivity contribution in [1.29, 1.82) is 0 Å². The Hall–Kier alpha value is -1.57. The third-order valence-corrected chi connectivity index (χ3v) is 4.21. The minimum absolute atomic E-state index is 0. The molecule has 1 saturated heterocycles. The summed E-state index contributed by atoms with van der Waals surface area (Å²) in [6.07, 6.45) is 3.27. The van der Waals surface area contributed by atoms with E-state index in [0.717, 1.165) is 5.56 Å². The molecular formula is C18H22Cl3N3O3. The van der Waals surface area contributed by atoms with Crippen molar-refractivity contribution in [3.63, 3.8) is 0 Å². The second-order valence-electron chi connectivity index (χ2n) is 5.79. The smallest absolute Gasteiger partial charge is 0.244 e. The predicted octanol–water partition coefficient (Wildman–Crippen LogP) is 3.47.